The van der Waals surface area contributed by atoms with Gasteiger partial charge in [-0.25, -0.2) is 10.5 Å². The van der Waals surface area contributed by atoms with Crippen molar-refractivity contribution in [3.05, 3.63) is 68.7 Å². The van der Waals surface area contributed by atoms with Crippen molar-refractivity contribution in [2.45, 2.75) is 10.9 Å². The Morgan fingerprint density at radius 2 is 2.11 bits per heavy atom. The molecule has 9 nitrogen and oxygen atoms in total. The molecule has 2 aromatic carbocycles. The van der Waals surface area contributed by atoms with E-state index in [4.69, 9.17) is 11.6 Å². The molecule has 1 heterocycles. The van der Waals surface area contributed by atoms with Crippen LogP contribution < -0.4 is 5.43 Å². The number of aromatic hydroxyl groups is 1. The number of anilines is 1. The van der Waals surface area contributed by atoms with Crippen LogP contribution in [-0.2, 0) is 5.75 Å². The van der Waals surface area contributed by atoms with Gasteiger partial charge in [0.2, 0.25) is 11.1 Å². The van der Waals surface area contributed by atoms with Crippen molar-refractivity contribution >= 4 is 41.2 Å². The second kappa shape index (κ2) is 8.52. The van der Waals surface area contributed by atoms with Crippen LogP contribution in [0.15, 0.2) is 52.7 Å². The number of aromatic nitrogens is 3. The molecule has 1 aromatic heterocycles. The monoisotopic (exact) mass is 404 g/mol. The fourth-order valence-electron chi connectivity index (χ4n) is 2.01. The van der Waals surface area contributed by atoms with Gasteiger partial charge in [0.05, 0.1) is 11.1 Å². The molecule has 0 aliphatic heterocycles. The summed E-state index contributed by atoms with van der Waals surface area (Å²) >= 11 is 7.29. The number of phenolic OH excluding ortho intramolecular Hbond substituents is 1. The van der Waals surface area contributed by atoms with E-state index in [0.717, 1.165) is 5.56 Å². The van der Waals surface area contributed by atoms with Crippen LogP contribution in [0, 0.1) is 10.1 Å². The summed E-state index contributed by atoms with van der Waals surface area (Å²) < 4.78 is 0. The van der Waals surface area contributed by atoms with Crippen LogP contribution >= 0.6 is 23.4 Å². The third-order valence-corrected chi connectivity index (χ3v) is 4.51. The lowest BCUT2D eigenvalue weighted by Gasteiger charge is -1.99. The van der Waals surface area contributed by atoms with E-state index < -0.39 is 4.92 Å². The highest BCUT2D eigenvalue weighted by molar-refractivity contribution is 7.98. The number of hydrogen-bond acceptors (Lipinski definition) is 8. The third-order valence-electron chi connectivity index (χ3n) is 3.34. The molecule has 0 amide bonds. The van der Waals surface area contributed by atoms with Gasteiger partial charge in [-0.3, -0.25) is 10.1 Å². The number of nitro benzene ring substituents is 1. The molecule has 0 aliphatic carbocycles. The van der Waals surface area contributed by atoms with Crippen molar-refractivity contribution in [2.24, 2.45) is 5.10 Å². The maximum absolute atomic E-state index is 10.8. The summed E-state index contributed by atoms with van der Waals surface area (Å²) in [4.78, 5) is 14.4. The van der Waals surface area contributed by atoms with Crippen molar-refractivity contribution in [3.63, 3.8) is 0 Å². The number of aromatic amines is 1. The maximum Gasteiger partial charge on any atom is 0.270 e. The largest absolute Gasteiger partial charge is 0.507 e. The maximum atomic E-state index is 10.8. The smallest absolute Gasteiger partial charge is 0.270 e. The first kappa shape index (κ1) is 18.7. The first-order valence-electron chi connectivity index (χ1n) is 7.57. The van der Waals surface area contributed by atoms with E-state index in [2.05, 4.69) is 25.7 Å². The van der Waals surface area contributed by atoms with Crippen molar-refractivity contribution in [1.82, 2.24) is 15.2 Å². The summed E-state index contributed by atoms with van der Waals surface area (Å²) in [5.74, 6) is 0.858. The first-order valence-corrected chi connectivity index (χ1v) is 8.94. The van der Waals surface area contributed by atoms with E-state index in [1.807, 2.05) is 24.3 Å². The molecule has 3 N–H and O–H groups in total. The van der Waals surface area contributed by atoms with E-state index in [-0.39, 0.29) is 17.0 Å². The van der Waals surface area contributed by atoms with Gasteiger partial charge in [-0.15, -0.1) is 5.10 Å². The van der Waals surface area contributed by atoms with Crippen LogP contribution in [0.1, 0.15) is 11.1 Å². The van der Waals surface area contributed by atoms with Crippen LogP contribution in [0.2, 0.25) is 5.02 Å². The minimum atomic E-state index is -0.551. The molecule has 0 unspecified atom stereocenters. The van der Waals surface area contributed by atoms with Crippen molar-refractivity contribution in [1.29, 1.82) is 0 Å². The van der Waals surface area contributed by atoms with Gasteiger partial charge in [0, 0.05) is 28.5 Å². The topological polar surface area (TPSA) is 129 Å². The van der Waals surface area contributed by atoms with Crippen LogP contribution in [0.25, 0.3) is 0 Å². The normalized spacial score (nSPS) is 11.0. The summed E-state index contributed by atoms with van der Waals surface area (Å²) in [7, 11) is 0. The highest BCUT2D eigenvalue weighted by Gasteiger charge is 2.09. The lowest BCUT2D eigenvalue weighted by Crippen LogP contribution is -1.94. The molecule has 138 valence electrons. The zero-order valence-electron chi connectivity index (χ0n) is 13.7. The lowest BCUT2D eigenvalue weighted by molar-refractivity contribution is -0.384. The number of rotatable bonds is 7. The molecule has 0 fully saturated rings. The number of nitrogens with zero attached hydrogens (tertiary/aromatic N) is 4. The van der Waals surface area contributed by atoms with Gasteiger partial charge in [-0.1, -0.05) is 35.5 Å². The highest BCUT2D eigenvalue weighted by Crippen LogP contribution is 2.22. The van der Waals surface area contributed by atoms with Crippen LogP contribution in [0.3, 0.4) is 0 Å². The molecule has 0 saturated carbocycles. The molecule has 0 spiro atoms. The first-order chi connectivity index (χ1) is 13.0. The molecular weight excluding hydrogens is 392 g/mol. The van der Waals surface area contributed by atoms with Gasteiger partial charge in [-0.2, -0.15) is 10.1 Å². The van der Waals surface area contributed by atoms with Gasteiger partial charge in [-0.05, 0) is 23.8 Å². The fourth-order valence-corrected chi connectivity index (χ4v) is 2.89. The zero-order valence-corrected chi connectivity index (χ0v) is 15.2. The van der Waals surface area contributed by atoms with Crippen LogP contribution in [0.4, 0.5) is 11.6 Å². The molecule has 3 rings (SSSR count). The predicted octanol–water partition coefficient (Wildman–Crippen LogP) is 3.81. The molecule has 0 aliphatic rings. The van der Waals surface area contributed by atoms with Crippen molar-refractivity contribution in [3.8, 4) is 5.75 Å². The number of nitro groups is 1. The molecule has 0 radical (unpaired) electrons. The van der Waals surface area contributed by atoms with E-state index in [1.54, 1.807) is 0 Å². The summed E-state index contributed by atoms with van der Waals surface area (Å²) in [5.41, 5.74) is 3.77. The Kier molecular flexibility index (Phi) is 5.89. The van der Waals surface area contributed by atoms with Crippen molar-refractivity contribution in [2.75, 3.05) is 5.43 Å². The van der Waals surface area contributed by atoms with E-state index >= 15 is 0 Å². The third kappa shape index (κ3) is 5.19. The average Bonchev–Trinajstić information content (AvgIpc) is 3.10. The van der Waals surface area contributed by atoms with Crippen LogP contribution in [0.5, 0.6) is 5.75 Å². The number of hydrazone groups is 1. The number of thioether (sulfide) groups is 1. The van der Waals surface area contributed by atoms with E-state index in [9.17, 15) is 15.2 Å². The lowest BCUT2D eigenvalue weighted by atomic mass is 10.2. The minimum Gasteiger partial charge on any atom is -0.507 e. The Labute approximate surface area is 162 Å². The van der Waals surface area contributed by atoms with Crippen molar-refractivity contribution < 1.29 is 10.0 Å². The number of nitrogens with one attached hydrogen (secondary N) is 2. The molecule has 0 bridgehead atoms. The van der Waals surface area contributed by atoms with Gasteiger partial charge in [0.25, 0.3) is 5.69 Å². The average molecular weight is 405 g/mol. The second-order valence-corrected chi connectivity index (χ2v) is 6.63. The molecule has 0 atom stereocenters. The van der Waals surface area contributed by atoms with Gasteiger partial charge in [0.1, 0.15) is 5.75 Å². The van der Waals surface area contributed by atoms with Gasteiger partial charge >= 0.3 is 0 Å². The Hall–Kier alpha value is -3.11. The number of phenols is 1. The number of non-ortho nitro benzene ring substituents is 1. The zero-order chi connectivity index (χ0) is 19.2. The second-order valence-electron chi connectivity index (χ2n) is 5.25. The number of halogens is 1. The van der Waals surface area contributed by atoms with E-state index in [0.29, 0.717) is 21.9 Å². The fraction of sp³-hybridized carbons (Fsp3) is 0.0625. The SMILES string of the molecule is O=[N+]([O-])c1ccc(O)c(/C=N\Nc2nc(SCc3ccc(Cl)cc3)n[nH]2)c1. The summed E-state index contributed by atoms with van der Waals surface area (Å²) in [6, 6.07) is 11.2. The number of H-pyrrole nitrogens is 1. The standard InChI is InChI=1S/C16H13ClN6O3S/c17-12-3-1-10(2-4-12)9-27-16-19-15(21-22-16)20-18-8-11-7-13(23(25)26)5-6-14(11)24/h1-8,24H,9H2,(H2,19,20,21,22)/b18-8-. The molecule has 27 heavy (non-hydrogen) atoms. The molecule has 0 saturated heterocycles. The Bertz CT molecular complexity index is 977. The Morgan fingerprint density at radius 1 is 1.33 bits per heavy atom. The number of hydrogen-bond donors (Lipinski definition) is 3. The van der Waals surface area contributed by atoms with Crippen LogP contribution in [-0.4, -0.2) is 31.4 Å². The van der Waals surface area contributed by atoms with Gasteiger partial charge < -0.3 is 5.11 Å². The van der Waals surface area contributed by atoms with E-state index in [1.165, 1.54) is 36.2 Å². The summed E-state index contributed by atoms with van der Waals surface area (Å²) in [6.07, 6.45) is 1.26. The summed E-state index contributed by atoms with van der Waals surface area (Å²) in [5, 5.41) is 32.3. The Balaban J connectivity index is 1.58. The minimum absolute atomic E-state index is 0.122. The van der Waals surface area contributed by atoms with Gasteiger partial charge in [0.15, 0.2) is 0 Å². The molecule has 3 aromatic rings. The molecule has 11 heteroatoms. The quantitative estimate of drug-likeness (QED) is 0.236. The summed E-state index contributed by atoms with van der Waals surface area (Å²) in [6.45, 7) is 0. The predicted molar refractivity (Wildman–Crippen MR) is 103 cm³/mol. The highest BCUT2D eigenvalue weighted by atomic mass is 35.5. The number of benzene rings is 2. The molecular formula is C16H13ClN6O3S. The Morgan fingerprint density at radius 3 is 2.85 bits per heavy atom.